The van der Waals surface area contributed by atoms with Gasteiger partial charge in [0, 0.05) is 6.54 Å². The van der Waals surface area contributed by atoms with Crippen molar-refractivity contribution in [1.82, 2.24) is 0 Å². The first-order valence-electron chi connectivity index (χ1n) is 9.17. The highest BCUT2D eigenvalue weighted by Gasteiger charge is 2.31. The molecule has 1 heterocycles. The first-order valence-corrected chi connectivity index (χ1v) is 9.17. The minimum absolute atomic E-state index is 0.0566. The van der Waals surface area contributed by atoms with Gasteiger partial charge < -0.3 is 14.6 Å². The van der Waals surface area contributed by atoms with Crippen LogP contribution >= 0.6 is 0 Å². The number of carbonyl (C=O) groups excluding carboxylic acids is 2. The lowest BCUT2D eigenvalue weighted by molar-refractivity contribution is -0.255. The van der Waals surface area contributed by atoms with E-state index in [4.69, 9.17) is 4.74 Å². The highest BCUT2D eigenvalue weighted by Crippen LogP contribution is 2.38. The van der Waals surface area contributed by atoms with Crippen molar-refractivity contribution < 1.29 is 19.4 Å². The Morgan fingerprint density at radius 1 is 1.19 bits per heavy atom. The molecule has 0 saturated carbocycles. The molecular weight excluding hydrogens is 342 g/mol. The Labute approximate surface area is 159 Å². The molecule has 5 nitrogen and oxygen atoms in total. The molecular formula is C22H24NO4-. The predicted molar refractivity (Wildman–Crippen MR) is 103 cm³/mol. The highest BCUT2D eigenvalue weighted by molar-refractivity contribution is 5.97. The molecule has 1 aliphatic heterocycles. The van der Waals surface area contributed by atoms with Crippen LogP contribution in [0.2, 0.25) is 0 Å². The number of carboxylic acid groups (broad SMARTS) is 1. The zero-order chi connectivity index (χ0) is 19.8. The topological polar surface area (TPSA) is 69.7 Å². The summed E-state index contributed by atoms with van der Waals surface area (Å²) in [5, 5.41) is 11.6. The van der Waals surface area contributed by atoms with Gasteiger partial charge in [-0.05, 0) is 73.6 Å². The SMILES string of the molecule is CCc1cccc(-c2cc(C(=O)[O-])cc3c2CCN3C(=O)OC(C)(C)C)c1. The summed E-state index contributed by atoms with van der Waals surface area (Å²) in [5.41, 5.74) is 3.92. The molecule has 0 fully saturated rings. The van der Waals surface area contributed by atoms with Gasteiger partial charge in [0.25, 0.3) is 0 Å². The molecule has 0 bridgehead atoms. The van der Waals surface area contributed by atoms with Crippen molar-refractivity contribution in [3.05, 3.63) is 53.1 Å². The standard InChI is InChI=1S/C22H25NO4/c1-5-14-7-6-8-15(11-14)18-12-16(20(24)25)13-19-17(18)9-10-23(19)21(26)27-22(2,3)4/h6-8,11-13H,5,9-10H2,1-4H3,(H,24,25)/p-1. The van der Waals surface area contributed by atoms with Crippen LogP contribution in [0.5, 0.6) is 0 Å². The second-order valence-corrected chi connectivity index (χ2v) is 7.74. The zero-order valence-electron chi connectivity index (χ0n) is 16.2. The van der Waals surface area contributed by atoms with E-state index in [1.807, 2.05) is 18.2 Å². The van der Waals surface area contributed by atoms with Gasteiger partial charge in [0.05, 0.1) is 11.7 Å². The highest BCUT2D eigenvalue weighted by atomic mass is 16.6. The van der Waals surface area contributed by atoms with Crippen LogP contribution in [0, 0.1) is 0 Å². The minimum Gasteiger partial charge on any atom is -0.545 e. The second-order valence-electron chi connectivity index (χ2n) is 7.74. The van der Waals surface area contributed by atoms with Gasteiger partial charge in [-0.3, -0.25) is 4.90 Å². The van der Waals surface area contributed by atoms with Crippen molar-refractivity contribution in [3.8, 4) is 11.1 Å². The third-order valence-electron chi connectivity index (χ3n) is 4.60. The first kappa shape index (κ1) is 19.0. The van der Waals surface area contributed by atoms with E-state index in [0.717, 1.165) is 23.1 Å². The van der Waals surface area contributed by atoms with E-state index < -0.39 is 17.7 Å². The maximum absolute atomic E-state index is 12.6. The molecule has 0 radical (unpaired) electrons. The average molecular weight is 366 g/mol. The van der Waals surface area contributed by atoms with Crippen LogP contribution in [0.25, 0.3) is 11.1 Å². The predicted octanol–water partition coefficient (Wildman–Crippen LogP) is 3.58. The van der Waals surface area contributed by atoms with E-state index >= 15 is 0 Å². The Morgan fingerprint density at radius 2 is 1.93 bits per heavy atom. The quantitative estimate of drug-likeness (QED) is 0.833. The number of ether oxygens (including phenoxy) is 1. The summed E-state index contributed by atoms with van der Waals surface area (Å²) in [6.07, 6.45) is 1.07. The molecule has 1 aliphatic rings. The number of amides is 1. The molecule has 3 rings (SSSR count). The van der Waals surface area contributed by atoms with Gasteiger partial charge in [-0.25, -0.2) is 4.79 Å². The van der Waals surface area contributed by atoms with Crippen LogP contribution in [0.15, 0.2) is 36.4 Å². The molecule has 2 aromatic rings. The molecule has 142 valence electrons. The maximum Gasteiger partial charge on any atom is 0.414 e. The number of nitrogens with zero attached hydrogens (tertiary/aromatic N) is 1. The van der Waals surface area contributed by atoms with E-state index in [0.29, 0.717) is 18.7 Å². The van der Waals surface area contributed by atoms with Gasteiger partial charge >= 0.3 is 6.09 Å². The van der Waals surface area contributed by atoms with Crippen molar-refractivity contribution in [1.29, 1.82) is 0 Å². The number of aryl methyl sites for hydroxylation is 1. The summed E-state index contributed by atoms with van der Waals surface area (Å²) >= 11 is 0. The van der Waals surface area contributed by atoms with Crippen LogP contribution in [0.4, 0.5) is 10.5 Å². The molecule has 0 saturated heterocycles. The molecule has 0 atom stereocenters. The molecule has 0 N–H and O–H groups in total. The Bertz CT molecular complexity index is 896. The number of fused-ring (bicyclic) bond motifs is 1. The lowest BCUT2D eigenvalue weighted by Gasteiger charge is -2.25. The van der Waals surface area contributed by atoms with Crippen LogP contribution in [0.3, 0.4) is 0 Å². The fourth-order valence-electron chi connectivity index (χ4n) is 3.35. The normalized spacial score (nSPS) is 13.4. The number of aromatic carboxylic acids is 1. The van der Waals surface area contributed by atoms with Crippen LogP contribution in [0.1, 0.15) is 49.2 Å². The second kappa shape index (κ2) is 7.06. The van der Waals surface area contributed by atoms with Crippen LogP contribution in [-0.4, -0.2) is 24.2 Å². The van der Waals surface area contributed by atoms with Gasteiger partial charge in [-0.1, -0.05) is 31.2 Å². The average Bonchev–Trinajstić information content (AvgIpc) is 3.03. The zero-order valence-corrected chi connectivity index (χ0v) is 16.2. The lowest BCUT2D eigenvalue weighted by Crippen LogP contribution is -2.35. The smallest absolute Gasteiger partial charge is 0.414 e. The van der Waals surface area contributed by atoms with Crippen molar-refractivity contribution in [2.45, 2.75) is 46.1 Å². The van der Waals surface area contributed by atoms with Crippen molar-refractivity contribution in [3.63, 3.8) is 0 Å². The summed E-state index contributed by atoms with van der Waals surface area (Å²) in [6, 6.07) is 11.2. The summed E-state index contributed by atoms with van der Waals surface area (Å²) < 4.78 is 5.48. The largest absolute Gasteiger partial charge is 0.545 e. The fraction of sp³-hybridized carbons (Fsp3) is 0.364. The Morgan fingerprint density at radius 3 is 2.56 bits per heavy atom. The fourth-order valence-corrected chi connectivity index (χ4v) is 3.35. The minimum atomic E-state index is -1.26. The first-order chi connectivity index (χ1) is 12.7. The number of hydrogen-bond acceptors (Lipinski definition) is 4. The van der Waals surface area contributed by atoms with Crippen molar-refractivity contribution >= 4 is 17.7 Å². The molecule has 0 aromatic heterocycles. The summed E-state index contributed by atoms with van der Waals surface area (Å²) in [6.45, 7) is 7.95. The Balaban J connectivity index is 2.11. The lowest BCUT2D eigenvalue weighted by atomic mass is 9.94. The Hall–Kier alpha value is -2.82. The molecule has 27 heavy (non-hydrogen) atoms. The summed E-state index contributed by atoms with van der Waals surface area (Å²) in [7, 11) is 0. The molecule has 2 aromatic carbocycles. The number of carboxylic acids is 1. The summed E-state index contributed by atoms with van der Waals surface area (Å²) in [5.74, 6) is -1.26. The molecule has 0 unspecified atom stereocenters. The van der Waals surface area contributed by atoms with Crippen LogP contribution in [-0.2, 0) is 17.6 Å². The van der Waals surface area contributed by atoms with Crippen LogP contribution < -0.4 is 10.0 Å². The summed E-state index contributed by atoms with van der Waals surface area (Å²) in [4.78, 5) is 25.7. The van der Waals surface area contributed by atoms with E-state index in [-0.39, 0.29) is 5.56 Å². The number of hydrogen-bond donors (Lipinski definition) is 0. The monoisotopic (exact) mass is 366 g/mol. The van der Waals surface area contributed by atoms with Crippen molar-refractivity contribution in [2.24, 2.45) is 0 Å². The molecule has 0 aliphatic carbocycles. The number of rotatable bonds is 3. The van der Waals surface area contributed by atoms with E-state index in [1.54, 1.807) is 26.8 Å². The molecule has 5 heteroatoms. The van der Waals surface area contributed by atoms with E-state index in [1.165, 1.54) is 16.5 Å². The van der Waals surface area contributed by atoms with Crippen molar-refractivity contribution in [2.75, 3.05) is 11.4 Å². The third kappa shape index (κ3) is 3.97. The van der Waals surface area contributed by atoms with E-state index in [9.17, 15) is 14.7 Å². The van der Waals surface area contributed by atoms with Gasteiger partial charge in [0.15, 0.2) is 0 Å². The van der Waals surface area contributed by atoms with E-state index in [2.05, 4.69) is 13.0 Å². The van der Waals surface area contributed by atoms with Gasteiger partial charge in [0.2, 0.25) is 0 Å². The number of carbonyl (C=O) groups is 2. The number of benzene rings is 2. The van der Waals surface area contributed by atoms with Gasteiger partial charge in [0.1, 0.15) is 5.60 Å². The maximum atomic E-state index is 12.6. The molecule has 1 amide bonds. The molecule has 0 spiro atoms. The Kier molecular flexibility index (Phi) is 4.96. The van der Waals surface area contributed by atoms with Gasteiger partial charge in [-0.15, -0.1) is 0 Å². The number of anilines is 1. The third-order valence-corrected chi connectivity index (χ3v) is 4.60. The van der Waals surface area contributed by atoms with Gasteiger partial charge in [-0.2, -0.15) is 0 Å².